The lowest BCUT2D eigenvalue weighted by Crippen LogP contribution is -1.96. The van der Waals surface area contributed by atoms with Crippen LogP contribution in [0, 0.1) is 0 Å². The number of benzene rings is 4. The van der Waals surface area contributed by atoms with Crippen LogP contribution < -0.4 is 0 Å². The monoisotopic (exact) mass is 527 g/mol. The third-order valence-electron chi connectivity index (χ3n) is 7.87. The number of fused-ring (bicyclic) bond motifs is 4. The highest BCUT2D eigenvalue weighted by Crippen LogP contribution is 2.37. The predicted molar refractivity (Wildman–Crippen MR) is 167 cm³/mol. The molecular weight excluding hydrogens is 502 g/mol. The molecule has 0 radical (unpaired) electrons. The van der Waals surface area contributed by atoms with Crippen LogP contribution in [-0.2, 0) is 7.05 Å². The topological polar surface area (TPSA) is 48.5 Å². The summed E-state index contributed by atoms with van der Waals surface area (Å²) in [5.74, 6) is 0.947. The molecular formula is C36H25N5. The van der Waals surface area contributed by atoms with Crippen LogP contribution in [0.25, 0.3) is 72.3 Å². The molecule has 0 saturated carbocycles. The van der Waals surface area contributed by atoms with Gasteiger partial charge in [0.25, 0.3) is 0 Å². The molecule has 0 saturated heterocycles. The van der Waals surface area contributed by atoms with E-state index in [-0.39, 0.29) is 0 Å². The Morgan fingerprint density at radius 3 is 2.12 bits per heavy atom. The van der Waals surface area contributed by atoms with Crippen LogP contribution in [0.15, 0.2) is 134 Å². The van der Waals surface area contributed by atoms with Crippen LogP contribution in [0.2, 0.25) is 0 Å². The zero-order chi connectivity index (χ0) is 27.3. The highest BCUT2D eigenvalue weighted by molar-refractivity contribution is 6.11. The lowest BCUT2D eigenvalue weighted by molar-refractivity contribution is 0.959. The molecule has 0 bridgehead atoms. The minimum atomic E-state index is 0.947. The molecule has 8 rings (SSSR count). The van der Waals surface area contributed by atoms with Gasteiger partial charge >= 0.3 is 0 Å². The molecule has 0 amide bonds. The first kappa shape index (κ1) is 23.3. The molecule has 194 valence electrons. The Hall–Kier alpha value is -5.55. The van der Waals surface area contributed by atoms with Gasteiger partial charge in [0.15, 0.2) is 0 Å². The first-order valence-electron chi connectivity index (χ1n) is 13.7. The van der Waals surface area contributed by atoms with Crippen molar-refractivity contribution in [2.45, 2.75) is 0 Å². The summed E-state index contributed by atoms with van der Waals surface area (Å²) < 4.78 is 4.54. The second-order valence-corrected chi connectivity index (χ2v) is 10.3. The molecule has 0 aliphatic heterocycles. The molecule has 4 aromatic carbocycles. The zero-order valence-electron chi connectivity index (χ0n) is 22.4. The van der Waals surface area contributed by atoms with Gasteiger partial charge in [0.1, 0.15) is 5.82 Å². The first-order valence-corrected chi connectivity index (χ1v) is 13.7. The van der Waals surface area contributed by atoms with E-state index in [1.54, 1.807) is 0 Å². The number of para-hydroxylation sites is 2. The van der Waals surface area contributed by atoms with Gasteiger partial charge in [-0.25, -0.2) is 4.98 Å². The minimum absolute atomic E-state index is 0.947. The number of pyridine rings is 2. The van der Waals surface area contributed by atoms with E-state index in [9.17, 15) is 0 Å². The van der Waals surface area contributed by atoms with E-state index in [1.165, 1.54) is 10.8 Å². The third-order valence-corrected chi connectivity index (χ3v) is 7.87. The molecule has 4 heterocycles. The summed E-state index contributed by atoms with van der Waals surface area (Å²) in [5.41, 5.74) is 10.8. The van der Waals surface area contributed by atoms with Crippen LogP contribution in [0.4, 0.5) is 0 Å². The highest BCUT2D eigenvalue weighted by Gasteiger charge is 2.17. The number of rotatable bonds is 4. The minimum Gasteiger partial charge on any atom is -0.327 e. The van der Waals surface area contributed by atoms with Crippen molar-refractivity contribution in [2.75, 3.05) is 0 Å². The molecule has 4 aromatic heterocycles. The third kappa shape index (κ3) is 3.82. The van der Waals surface area contributed by atoms with Gasteiger partial charge in [0, 0.05) is 58.8 Å². The molecule has 0 aliphatic carbocycles. The molecule has 0 spiro atoms. The Bertz CT molecular complexity index is 2210. The summed E-state index contributed by atoms with van der Waals surface area (Å²) in [7, 11) is 2.08. The lowest BCUT2D eigenvalue weighted by atomic mass is 10.0. The highest BCUT2D eigenvalue weighted by atomic mass is 15.1. The smallest absolute Gasteiger partial charge is 0.140 e. The van der Waals surface area contributed by atoms with E-state index in [0.29, 0.717) is 0 Å². The van der Waals surface area contributed by atoms with Crippen molar-refractivity contribution in [1.29, 1.82) is 0 Å². The molecule has 5 heteroatoms. The summed E-state index contributed by atoms with van der Waals surface area (Å²) in [6.45, 7) is 0. The number of hydrogen-bond donors (Lipinski definition) is 0. The maximum Gasteiger partial charge on any atom is 0.140 e. The number of nitrogens with zero attached hydrogens (tertiary/aromatic N) is 5. The number of imidazole rings is 1. The van der Waals surface area contributed by atoms with Crippen molar-refractivity contribution in [1.82, 2.24) is 24.1 Å². The molecule has 0 unspecified atom stereocenters. The normalized spacial score (nSPS) is 11.5. The van der Waals surface area contributed by atoms with Gasteiger partial charge in [-0.3, -0.25) is 9.97 Å². The summed E-state index contributed by atoms with van der Waals surface area (Å²) in [6.07, 6.45) is 5.57. The van der Waals surface area contributed by atoms with Crippen molar-refractivity contribution < 1.29 is 0 Å². The quantitative estimate of drug-likeness (QED) is 0.231. The molecule has 0 atom stereocenters. The molecule has 41 heavy (non-hydrogen) atoms. The van der Waals surface area contributed by atoms with Gasteiger partial charge in [-0.1, -0.05) is 60.7 Å². The Labute approximate surface area is 237 Å². The van der Waals surface area contributed by atoms with Crippen molar-refractivity contribution in [3.63, 3.8) is 0 Å². The van der Waals surface area contributed by atoms with Gasteiger partial charge in [-0.15, -0.1) is 0 Å². The molecule has 0 aliphatic rings. The van der Waals surface area contributed by atoms with Crippen LogP contribution >= 0.6 is 0 Å². The lowest BCUT2D eigenvalue weighted by Gasteiger charge is -2.11. The average molecular weight is 528 g/mol. The molecule has 0 N–H and O–H groups in total. The Balaban J connectivity index is 1.41. The summed E-state index contributed by atoms with van der Waals surface area (Å²) in [5, 5.41) is 2.40. The van der Waals surface area contributed by atoms with Crippen molar-refractivity contribution in [3.05, 3.63) is 134 Å². The van der Waals surface area contributed by atoms with E-state index >= 15 is 0 Å². The maximum atomic E-state index is 4.99. The van der Waals surface area contributed by atoms with Crippen LogP contribution in [-0.4, -0.2) is 24.1 Å². The zero-order valence-corrected chi connectivity index (χ0v) is 22.4. The fraction of sp³-hybridized carbons (Fsp3) is 0.0278. The second-order valence-electron chi connectivity index (χ2n) is 10.3. The summed E-state index contributed by atoms with van der Waals surface area (Å²) in [6, 6.07) is 40.4. The van der Waals surface area contributed by atoms with Crippen molar-refractivity contribution in [2.24, 2.45) is 7.05 Å². The van der Waals surface area contributed by atoms with E-state index in [0.717, 1.165) is 61.5 Å². The molecule has 5 nitrogen and oxygen atoms in total. The summed E-state index contributed by atoms with van der Waals surface area (Å²) >= 11 is 0. The Morgan fingerprint density at radius 2 is 1.34 bits per heavy atom. The van der Waals surface area contributed by atoms with E-state index in [4.69, 9.17) is 4.98 Å². The average Bonchev–Trinajstić information content (AvgIpc) is 3.55. The number of hydrogen-bond acceptors (Lipinski definition) is 3. The molecule has 0 fully saturated rings. The number of aryl methyl sites for hydroxylation is 1. The van der Waals surface area contributed by atoms with Crippen molar-refractivity contribution >= 4 is 32.8 Å². The fourth-order valence-electron chi connectivity index (χ4n) is 5.89. The van der Waals surface area contributed by atoms with Gasteiger partial charge in [-0.2, -0.15) is 0 Å². The van der Waals surface area contributed by atoms with E-state index in [2.05, 4.69) is 117 Å². The predicted octanol–water partition coefficient (Wildman–Crippen LogP) is 8.46. The van der Waals surface area contributed by atoms with Gasteiger partial charge in [0.05, 0.1) is 27.8 Å². The fourth-order valence-corrected chi connectivity index (χ4v) is 5.89. The van der Waals surface area contributed by atoms with E-state index < -0.39 is 0 Å². The standard InChI is InChI=1S/C36H25N5/c1-40-33-13-3-2-12-32(33)39-36(40)26-15-17-30-29-16-14-24(27-9-7-18-37-23-27)21-34(29)41(35(30)22-26)28-10-6-8-25(20-28)31-11-4-5-19-38-31/h2-23H,1H3. The molecule has 8 aromatic rings. The van der Waals surface area contributed by atoms with Gasteiger partial charge in [0.2, 0.25) is 0 Å². The van der Waals surface area contributed by atoms with Crippen molar-refractivity contribution in [3.8, 4) is 39.5 Å². The second kappa shape index (κ2) is 9.28. The SMILES string of the molecule is Cn1c(-c2ccc3c4ccc(-c5cccnc5)cc4n(-c4cccc(-c5ccccn5)c4)c3c2)nc2ccccc21. The maximum absolute atomic E-state index is 4.99. The summed E-state index contributed by atoms with van der Waals surface area (Å²) in [4.78, 5) is 14.0. The Kier molecular flexibility index (Phi) is 5.28. The van der Waals surface area contributed by atoms with Crippen LogP contribution in [0.5, 0.6) is 0 Å². The van der Waals surface area contributed by atoms with Gasteiger partial charge in [-0.05, 0) is 60.2 Å². The Morgan fingerprint density at radius 1 is 0.561 bits per heavy atom. The van der Waals surface area contributed by atoms with Crippen LogP contribution in [0.1, 0.15) is 0 Å². The number of aromatic nitrogens is 5. The largest absolute Gasteiger partial charge is 0.327 e. The van der Waals surface area contributed by atoms with Crippen LogP contribution in [0.3, 0.4) is 0 Å². The first-order chi connectivity index (χ1) is 20.2. The van der Waals surface area contributed by atoms with E-state index in [1.807, 2.05) is 42.9 Å². The van der Waals surface area contributed by atoms with Gasteiger partial charge < -0.3 is 9.13 Å².